The Morgan fingerprint density at radius 1 is 1.32 bits per heavy atom. The molecule has 0 saturated heterocycles. The van der Waals surface area contributed by atoms with Crippen LogP contribution in [0.2, 0.25) is 0 Å². The van der Waals surface area contributed by atoms with Crippen LogP contribution >= 0.6 is 0 Å². The smallest absolute Gasteiger partial charge is 0.357 e. The number of anilines is 1. The van der Waals surface area contributed by atoms with E-state index in [1.54, 1.807) is 0 Å². The fourth-order valence-electron chi connectivity index (χ4n) is 2.37. The van der Waals surface area contributed by atoms with Gasteiger partial charge in [0, 0.05) is 13.1 Å². The number of aromatic nitrogens is 1. The van der Waals surface area contributed by atoms with E-state index in [1.807, 2.05) is 17.0 Å². The van der Waals surface area contributed by atoms with Gasteiger partial charge in [0.05, 0.1) is 0 Å². The average molecular weight is 258 g/mol. The van der Waals surface area contributed by atoms with Crippen molar-refractivity contribution in [3.05, 3.63) is 47.3 Å². The van der Waals surface area contributed by atoms with Crippen molar-refractivity contribution in [3.63, 3.8) is 0 Å². The molecule has 0 bridgehead atoms. The van der Waals surface area contributed by atoms with Gasteiger partial charge < -0.3 is 14.4 Å². The minimum Gasteiger partial charge on any atom is -0.476 e. The second-order valence-corrected chi connectivity index (χ2v) is 4.61. The van der Waals surface area contributed by atoms with Crippen molar-refractivity contribution in [1.29, 1.82) is 0 Å². The van der Waals surface area contributed by atoms with E-state index in [-0.39, 0.29) is 5.69 Å². The highest BCUT2D eigenvalue weighted by Crippen LogP contribution is 2.23. The van der Waals surface area contributed by atoms with Crippen LogP contribution in [0.3, 0.4) is 0 Å². The summed E-state index contributed by atoms with van der Waals surface area (Å²) in [6.07, 6.45) is 3.22. The van der Waals surface area contributed by atoms with E-state index in [0.717, 1.165) is 19.4 Å². The van der Waals surface area contributed by atoms with Crippen LogP contribution in [0, 0.1) is 0 Å². The number of carbonyl (C=O) groups is 1. The molecule has 1 aliphatic heterocycles. The molecule has 0 atom stereocenters. The topological polar surface area (TPSA) is 66.6 Å². The Morgan fingerprint density at radius 3 is 2.84 bits per heavy atom. The van der Waals surface area contributed by atoms with E-state index in [1.165, 1.54) is 17.4 Å². The van der Waals surface area contributed by atoms with Gasteiger partial charge in [-0.25, -0.2) is 4.79 Å². The fourth-order valence-corrected chi connectivity index (χ4v) is 2.37. The third kappa shape index (κ3) is 2.31. The van der Waals surface area contributed by atoms with E-state index >= 15 is 0 Å². The Balaban J connectivity index is 1.87. The number of benzene rings is 1. The van der Waals surface area contributed by atoms with Crippen molar-refractivity contribution < 1.29 is 14.3 Å². The number of nitrogens with zero attached hydrogens (tertiary/aromatic N) is 2. The van der Waals surface area contributed by atoms with E-state index in [9.17, 15) is 4.79 Å². The molecule has 2 heterocycles. The molecule has 5 heteroatoms. The van der Waals surface area contributed by atoms with E-state index in [2.05, 4.69) is 17.1 Å². The summed E-state index contributed by atoms with van der Waals surface area (Å²) in [5.41, 5.74) is 2.54. The number of carboxylic acids is 1. The summed E-state index contributed by atoms with van der Waals surface area (Å²) in [7, 11) is 0. The summed E-state index contributed by atoms with van der Waals surface area (Å²) >= 11 is 0. The molecule has 19 heavy (non-hydrogen) atoms. The predicted octanol–water partition coefficient (Wildman–Crippen LogP) is 2.33. The number of carboxylic acid groups (broad SMARTS) is 1. The van der Waals surface area contributed by atoms with Crippen LogP contribution in [0.4, 0.5) is 6.01 Å². The van der Waals surface area contributed by atoms with Crippen molar-refractivity contribution in [3.8, 4) is 0 Å². The normalized spacial score (nSPS) is 14.8. The van der Waals surface area contributed by atoms with Crippen LogP contribution in [-0.2, 0) is 13.0 Å². The van der Waals surface area contributed by atoms with Gasteiger partial charge in [-0.05, 0) is 24.0 Å². The monoisotopic (exact) mass is 258 g/mol. The van der Waals surface area contributed by atoms with Crippen molar-refractivity contribution in [2.45, 2.75) is 19.4 Å². The Kier molecular flexibility index (Phi) is 2.95. The predicted molar refractivity (Wildman–Crippen MR) is 69.3 cm³/mol. The molecule has 0 fully saturated rings. The molecule has 1 aromatic carbocycles. The zero-order chi connectivity index (χ0) is 13.2. The minimum absolute atomic E-state index is 0.0486. The highest BCUT2D eigenvalue weighted by molar-refractivity contribution is 5.85. The number of rotatable bonds is 2. The molecule has 0 spiro atoms. The first-order valence-electron chi connectivity index (χ1n) is 6.24. The first-order chi connectivity index (χ1) is 9.24. The fraction of sp³-hybridized carbons (Fsp3) is 0.286. The lowest BCUT2D eigenvalue weighted by Gasteiger charge is -2.18. The van der Waals surface area contributed by atoms with Gasteiger partial charge in [-0.1, -0.05) is 24.3 Å². The molecule has 98 valence electrons. The second kappa shape index (κ2) is 4.76. The van der Waals surface area contributed by atoms with Gasteiger partial charge in [0.15, 0.2) is 5.69 Å². The van der Waals surface area contributed by atoms with Crippen LogP contribution in [-0.4, -0.2) is 22.6 Å². The Morgan fingerprint density at radius 2 is 2.11 bits per heavy atom. The largest absolute Gasteiger partial charge is 0.476 e. The summed E-state index contributed by atoms with van der Waals surface area (Å²) in [6, 6.07) is 8.67. The lowest BCUT2D eigenvalue weighted by molar-refractivity contribution is 0.0690. The highest BCUT2D eigenvalue weighted by atomic mass is 16.4. The number of hydrogen-bond donors (Lipinski definition) is 1. The maximum Gasteiger partial charge on any atom is 0.357 e. The van der Waals surface area contributed by atoms with Gasteiger partial charge in [-0.15, -0.1) is 0 Å². The molecule has 1 aromatic heterocycles. The van der Waals surface area contributed by atoms with Gasteiger partial charge >= 0.3 is 5.97 Å². The first kappa shape index (κ1) is 11.8. The quantitative estimate of drug-likeness (QED) is 0.895. The van der Waals surface area contributed by atoms with Crippen LogP contribution in [0.1, 0.15) is 28.0 Å². The van der Waals surface area contributed by atoms with Crippen LogP contribution < -0.4 is 4.90 Å². The number of oxazole rings is 1. The van der Waals surface area contributed by atoms with E-state index in [0.29, 0.717) is 12.6 Å². The molecule has 0 saturated carbocycles. The van der Waals surface area contributed by atoms with Crippen molar-refractivity contribution in [2.24, 2.45) is 0 Å². The van der Waals surface area contributed by atoms with Crippen LogP contribution in [0.15, 0.2) is 34.9 Å². The minimum atomic E-state index is -1.06. The summed E-state index contributed by atoms with van der Waals surface area (Å²) in [6.45, 7) is 1.52. The van der Waals surface area contributed by atoms with E-state index < -0.39 is 5.97 Å². The highest BCUT2D eigenvalue weighted by Gasteiger charge is 2.19. The Bertz CT molecular complexity index is 606. The average Bonchev–Trinajstić information content (AvgIpc) is 2.80. The Hall–Kier alpha value is -2.30. The molecule has 0 aliphatic carbocycles. The number of hydrogen-bond acceptors (Lipinski definition) is 4. The molecule has 1 aliphatic rings. The molecular weight excluding hydrogens is 244 g/mol. The van der Waals surface area contributed by atoms with E-state index in [4.69, 9.17) is 9.52 Å². The number of aryl methyl sites for hydroxylation is 1. The zero-order valence-corrected chi connectivity index (χ0v) is 10.4. The number of aromatic carboxylic acids is 1. The van der Waals surface area contributed by atoms with Crippen molar-refractivity contribution in [1.82, 2.24) is 4.98 Å². The SMILES string of the molecule is O=C(O)c1coc(N2CCCc3ccccc3C2)n1. The van der Waals surface area contributed by atoms with Gasteiger partial charge in [0.25, 0.3) is 6.01 Å². The molecule has 0 radical (unpaired) electrons. The molecule has 0 amide bonds. The lowest BCUT2D eigenvalue weighted by atomic mass is 10.0. The first-order valence-corrected chi connectivity index (χ1v) is 6.24. The zero-order valence-electron chi connectivity index (χ0n) is 10.4. The Labute approximate surface area is 110 Å². The third-order valence-corrected chi connectivity index (χ3v) is 3.34. The molecule has 1 N–H and O–H groups in total. The van der Waals surface area contributed by atoms with Gasteiger partial charge in [-0.3, -0.25) is 0 Å². The van der Waals surface area contributed by atoms with Gasteiger partial charge in [-0.2, -0.15) is 4.98 Å². The summed E-state index contributed by atoms with van der Waals surface area (Å²) in [4.78, 5) is 16.8. The van der Waals surface area contributed by atoms with Gasteiger partial charge in [0.1, 0.15) is 6.26 Å². The molecule has 3 rings (SSSR count). The maximum atomic E-state index is 10.8. The van der Waals surface area contributed by atoms with Crippen molar-refractivity contribution in [2.75, 3.05) is 11.4 Å². The summed E-state index contributed by atoms with van der Waals surface area (Å²) in [5, 5.41) is 8.87. The molecule has 5 nitrogen and oxygen atoms in total. The van der Waals surface area contributed by atoms with Crippen LogP contribution in [0.25, 0.3) is 0 Å². The maximum absolute atomic E-state index is 10.8. The second-order valence-electron chi connectivity index (χ2n) is 4.61. The molecule has 0 unspecified atom stereocenters. The third-order valence-electron chi connectivity index (χ3n) is 3.34. The van der Waals surface area contributed by atoms with Gasteiger partial charge in [0.2, 0.25) is 0 Å². The van der Waals surface area contributed by atoms with Crippen LogP contribution in [0.5, 0.6) is 0 Å². The summed E-state index contributed by atoms with van der Waals surface area (Å²) < 4.78 is 5.27. The summed E-state index contributed by atoms with van der Waals surface area (Å²) in [5.74, 6) is -1.06. The number of fused-ring (bicyclic) bond motifs is 1. The van der Waals surface area contributed by atoms with Crippen molar-refractivity contribution >= 4 is 12.0 Å². The molecular formula is C14H14N2O3. The standard InChI is InChI=1S/C14H14N2O3/c17-13(18)12-9-19-14(15-12)16-7-3-6-10-4-1-2-5-11(10)8-16/h1-2,4-5,9H,3,6-8H2,(H,17,18). The molecule has 2 aromatic rings. The lowest BCUT2D eigenvalue weighted by Crippen LogP contribution is -2.22.